The molecule has 0 bridgehead atoms. The summed E-state index contributed by atoms with van der Waals surface area (Å²) in [5.74, 6) is 0. The Morgan fingerprint density at radius 2 is 2.26 bits per heavy atom. The van der Waals surface area contributed by atoms with Gasteiger partial charge in [0.2, 0.25) is 0 Å². The van der Waals surface area contributed by atoms with Crippen LogP contribution < -0.4 is 0 Å². The summed E-state index contributed by atoms with van der Waals surface area (Å²) in [4.78, 5) is 2.66. The highest BCUT2D eigenvalue weighted by molar-refractivity contribution is 9.09. The summed E-state index contributed by atoms with van der Waals surface area (Å²) in [7, 11) is 0. The molecule has 1 fully saturated rings. The molecule has 3 nitrogen and oxygen atoms in total. The monoisotopic (exact) mass is 327 g/mol. The standard InChI is InChI=1S/C15H26BrN3/c1-3-13-11-15(19(4-2)17-13)12-18-10-6-8-14(18)7-5-9-16/h11,14H,3-10,12H2,1-2H3. The molecule has 1 aliphatic rings. The van der Waals surface area contributed by atoms with Crippen molar-refractivity contribution in [1.29, 1.82) is 0 Å². The van der Waals surface area contributed by atoms with Crippen LogP contribution in [0.3, 0.4) is 0 Å². The lowest BCUT2D eigenvalue weighted by atomic mass is 10.1. The highest BCUT2D eigenvalue weighted by Crippen LogP contribution is 2.24. The number of aromatic nitrogens is 2. The fourth-order valence-corrected chi connectivity index (χ4v) is 3.36. The van der Waals surface area contributed by atoms with Crippen LogP contribution in [0, 0.1) is 0 Å². The molecule has 0 N–H and O–H groups in total. The number of aryl methyl sites for hydroxylation is 2. The molecule has 2 rings (SSSR count). The molecule has 1 saturated heterocycles. The Morgan fingerprint density at radius 1 is 1.42 bits per heavy atom. The molecule has 108 valence electrons. The van der Waals surface area contributed by atoms with E-state index in [1.807, 2.05) is 0 Å². The predicted molar refractivity (Wildman–Crippen MR) is 83.7 cm³/mol. The van der Waals surface area contributed by atoms with Crippen LogP contribution in [-0.2, 0) is 19.5 Å². The fraction of sp³-hybridized carbons (Fsp3) is 0.800. The van der Waals surface area contributed by atoms with Gasteiger partial charge < -0.3 is 0 Å². The van der Waals surface area contributed by atoms with E-state index in [2.05, 4.69) is 50.5 Å². The number of nitrogens with zero attached hydrogens (tertiary/aromatic N) is 3. The Hall–Kier alpha value is -0.350. The minimum atomic E-state index is 0.780. The van der Waals surface area contributed by atoms with Gasteiger partial charge in [-0.3, -0.25) is 9.58 Å². The molecule has 1 unspecified atom stereocenters. The van der Waals surface area contributed by atoms with Gasteiger partial charge in [0.15, 0.2) is 0 Å². The van der Waals surface area contributed by atoms with Crippen LogP contribution in [-0.4, -0.2) is 32.6 Å². The zero-order valence-corrected chi connectivity index (χ0v) is 13.8. The quantitative estimate of drug-likeness (QED) is 0.713. The van der Waals surface area contributed by atoms with Gasteiger partial charge in [0.1, 0.15) is 0 Å². The lowest BCUT2D eigenvalue weighted by Gasteiger charge is -2.24. The van der Waals surface area contributed by atoms with Crippen molar-refractivity contribution in [3.63, 3.8) is 0 Å². The normalized spacial score (nSPS) is 20.3. The summed E-state index contributed by atoms with van der Waals surface area (Å²) in [6, 6.07) is 3.08. The van der Waals surface area contributed by atoms with Gasteiger partial charge in [-0.15, -0.1) is 0 Å². The second kappa shape index (κ2) is 7.44. The molecule has 0 aromatic carbocycles. The van der Waals surface area contributed by atoms with Gasteiger partial charge in [-0.05, 0) is 51.6 Å². The summed E-state index contributed by atoms with van der Waals surface area (Å²) in [5.41, 5.74) is 2.62. The van der Waals surface area contributed by atoms with Gasteiger partial charge in [-0.2, -0.15) is 5.10 Å². The molecule has 1 aromatic rings. The SMILES string of the molecule is CCc1cc(CN2CCCC2CCCBr)n(CC)n1. The molecule has 1 aliphatic heterocycles. The van der Waals surface area contributed by atoms with Gasteiger partial charge in [0.25, 0.3) is 0 Å². The summed E-state index contributed by atoms with van der Waals surface area (Å²) >= 11 is 3.55. The number of hydrogen-bond acceptors (Lipinski definition) is 2. The van der Waals surface area contributed by atoms with Crippen molar-refractivity contribution in [2.75, 3.05) is 11.9 Å². The highest BCUT2D eigenvalue weighted by atomic mass is 79.9. The second-order valence-corrected chi connectivity index (χ2v) is 6.19. The average molecular weight is 328 g/mol. The highest BCUT2D eigenvalue weighted by Gasteiger charge is 2.24. The minimum Gasteiger partial charge on any atom is -0.295 e. The number of likely N-dealkylation sites (tertiary alicyclic amines) is 1. The summed E-state index contributed by atoms with van der Waals surface area (Å²) < 4.78 is 2.18. The predicted octanol–water partition coefficient (Wildman–Crippen LogP) is 3.60. The van der Waals surface area contributed by atoms with E-state index < -0.39 is 0 Å². The third-order valence-corrected chi connectivity index (χ3v) is 4.67. The Morgan fingerprint density at radius 3 is 2.95 bits per heavy atom. The average Bonchev–Trinajstić information content (AvgIpc) is 3.03. The van der Waals surface area contributed by atoms with E-state index in [1.54, 1.807) is 0 Å². The molecular formula is C15H26BrN3. The van der Waals surface area contributed by atoms with Crippen LogP contribution in [0.15, 0.2) is 6.07 Å². The van der Waals surface area contributed by atoms with E-state index in [1.165, 1.54) is 43.6 Å². The van der Waals surface area contributed by atoms with Crippen molar-refractivity contribution in [3.8, 4) is 0 Å². The minimum absolute atomic E-state index is 0.780. The lowest BCUT2D eigenvalue weighted by Crippen LogP contribution is -2.30. The number of hydrogen-bond donors (Lipinski definition) is 0. The van der Waals surface area contributed by atoms with E-state index in [9.17, 15) is 0 Å². The smallest absolute Gasteiger partial charge is 0.0625 e. The first-order valence-corrected chi connectivity index (χ1v) is 8.76. The van der Waals surface area contributed by atoms with Crippen molar-refractivity contribution in [2.24, 2.45) is 0 Å². The van der Waals surface area contributed by atoms with E-state index >= 15 is 0 Å². The number of halogens is 1. The van der Waals surface area contributed by atoms with Crippen LogP contribution in [0.4, 0.5) is 0 Å². The van der Waals surface area contributed by atoms with Crippen LogP contribution in [0.2, 0.25) is 0 Å². The zero-order valence-electron chi connectivity index (χ0n) is 12.2. The third kappa shape index (κ3) is 3.82. The Labute approximate surface area is 125 Å². The first kappa shape index (κ1) is 15.0. The first-order valence-electron chi connectivity index (χ1n) is 7.64. The second-order valence-electron chi connectivity index (χ2n) is 5.39. The summed E-state index contributed by atoms with van der Waals surface area (Å²) in [6.07, 6.45) is 6.37. The van der Waals surface area contributed by atoms with Crippen molar-refractivity contribution >= 4 is 15.9 Å². The molecule has 2 heterocycles. The molecule has 0 radical (unpaired) electrons. The van der Waals surface area contributed by atoms with Gasteiger partial charge in [0, 0.05) is 24.5 Å². The van der Waals surface area contributed by atoms with E-state index in [4.69, 9.17) is 0 Å². The van der Waals surface area contributed by atoms with Crippen molar-refractivity contribution in [3.05, 3.63) is 17.5 Å². The first-order chi connectivity index (χ1) is 9.28. The number of rotatable bonds is 7. The Kier molecular flexibility index (Phi) is 5.89. The van der Waals surface area contributed by atoms with Crippen molar-refractivity contribution in [2.45, 2.75) is 65.1 Å². The molecule has 19 heavy (non-hydrogen) atoms. The third-order valence-electron chi connectivity index (χ3n) is 4.11. The van der Waals surface area contributed by atoms with E-state index in [0.717, 1.165) is 30.9 Å². The van der Waals surface area contributed by atoms with Crippen molar-refractivity contribution in [1.82, 2.24) is 14.7 Å². The topological polar surface area (TPSA) is 21.1 Å². The van der Waals surface area contributed by atoms with Crippen LogP contribution in [0.25, 0.3) is 0 Å². The maximum atomic E-state index is 4.66. The van der Waals surface area contributed by atoms with Crippen molar-refractivity contribution < 1.29 is 0 Å². The number of alkyl halides is 1. The Bertz CT molecular complexity index is 389. The lowest BCUT2D eigenvalue weighted by molar-refractivity contribution is 0.227. The molecule has 0 spiro atoms. The molecular weight excluding hydrogens is 302 g/mol. The molecule has 4 heteroatoms. The molecule has 0 saturated carbocycles. The molecule has 1 atom stereocenters. The van der Waals surface area contributed by atoms with Crippen LogP contribution in [0.1, 0.15) is 50.9 Å². The zero-order chi connectivity index (χ0) is 13.7. The van der Waals surface area contributed by atoms with Gasteiger partial charge in [0.05, 0.1) is 11.4 Å². The van der Waals surface area contributed by atoms with E-state index in [-0.39, 0.29) is 0 Å². The molecule has 1 aromatic heterocycles. The maximum Gasteiger partial charge on any atom is 0.0625 e. The largest absolute Gasteiger partial charge is 0.295 e. The van der Waals surface area contributed by atoms with Gasteiger partial charge in [-0.25, -0.2) is 0 Å². The molecule has 0 aliphatic carbocycles. The fourth-order valence-electron chi connectivity index (χ4n) is 3.04. The molecule has 0 amide bonds. The summed E-state index contributed by atoms with van der Waals surface area (Å²) in [6.45, 7) is 7.68. The van der Waals surface area contributed by atoms with E-state index in [0.29, 0.717) is 0 Å². The van der Waals surface area contributed by atoms with Crippen LogP contribution >= 0.6 is 15.9 Å². The summed E-state index contributed by atoms with van der Waals surface area (Å²) in [5, 5.41) is 5.79. The van der Waals surface area contributed by atoms with Gasteiger partial charge in [-0.1, -0.05) is 22.9 Å². The maximum absolute atomic E-state index is 4.66. The van der Waals surface area contributed by atoms with Crippen LogP contribution in [0.5, 0.6) is 0 Å². The van der Waals surface area contributed by atoms with Gasteiger partial charge >= 0.3 is 0 Å². The Balaban J connectivity index is 2.00.